The molecule has 39 heavy (non-hydrogen) atoms. The van der Waals surface area contributed by atoms with Gasteiger partial charge in [-0.15, -0.1) is 15.7 Å². The molecule has 11 heteroatoms. The van der Waals surface area contributed by atoms with E-state index in [1.165, 1.54) is 17.2 Å². The van der Waals surface area contributed by atoms with E-state index in [1.54, 1.807) is 48.7 Å². The largest absolute Gasteiger partial charge is 0.448 e. The molecule has 2 aromatic carbocycles. The Labute approximate surface area is 230 Å². The zero-order valence-electron chi connectivity index (χ0n) is 21.5. The Balaban J connectivity index is 1.33. The lowest BCUT2D eigenvalue weighted by Crippen LogP contribution is -2.09. The summed E-state index contributed by atoms with van der Waals surface area (Å²) in [6.45, 7) is 2.54. The molecule has 0 saturated carbocycles. The number of thiophene rings is 1. The minimum Gasteiger partial charge on any atom is -0.448 e. The van der Waals surface area contributed by atoms with E-state index >= 15 is 0 Å². The van der Waals surface area contributed by atoms with Crippen molar-refractivity contribution in [2.45, 2.75) is 18.2 Å². The number of hydrogen-bond acceptors (Lipinski definition) is 8. The molecule has 5 aromatic rings. The number of ether oxygens (including phenoxy) is 1. The molecule has 3 heterocycles. The van der Waals surface area contributed by atoms with Crippen molar-refractivity contribution in [2.24, 2.45) is 4.36 Å². The fourth-order valence-corrected chi connectivity index (χ4v) is 5.93. The Bertz CT molecular complexity index is 1710. The molecule has 0 bridgehead atoms. The fourth-order valence-electron chi connectivity index (χ4n) is 4.11. The normalized spacial score (nSPS) is 12.6. The minimum atomic E-state index is -2.92. The van der Waals surface area contributed by atoms with E-state index in [-0.39, 0.29) is 6.61 Å². The van der Waals surface area contributed by atoms with E-state index in [1.807, 2.05) is 29.6 Å². The van der Waals surface area contributed by atoms with Crippen molar-refractivity contribution in [1.29, 1.82) is 0 Å². The highest BCUT2D eigenvalue weighted by Gasteiger charge is 2.13. The number of aromatic amines is 1. The smallest absolute Gasteiger partial charge is 0.442 e. The van der Waals surface area contributed by atoms with Gasteiger partial charge in [0, 0.05) is 51.6 Å². The number of nitrogens with one attached hydrogen (secondary N) is 3. The van der Waals surface area contributed by atoms with Crippen LogP contribution in [0.5, 0.6) is 0 Å². The SMILES string of the molecule is CCOC(=O)N=S(C)(=O)c1ccc(Nc2ncc(-c3cccs3)c(NCCc3c[nH]c4ccccc34)n2)cc1. The highest BCUT2D eigenvalue weighted by Crippen LogP contribution is 2.31. The van der Waals surface area contributed by atoms with Crippen LogP contribution < -0.4 is 10.6 Å². The molecule has 0 aliphatic carbocycles. The Morgan fingerprint density at radius 2 is 1.95 bits per heavy atom. The lowest BCUT2D eigenvalue weighted by atomic mass is 10.1. The van der Waals surface area contributed by atoms with E-state index in [9.17, 15) is 9.00 Å². The number of anilines is 3. The van der Waals surface area contributed by atoms with Crippen LogP contribution in [0.4, 0.5) is 22.2 Å². The lowest BCUT2D eigenvalue weighted by Gasteiger charge is -2.13. The zero-order chi connectivity index (χ0) is 27.2. The van der Waals surface area contributed by atoms with Crippen LogP contribution in [-0.2, 0) is 20.9 Å². The van der Waals surface area contributed by atoms with Crippen LogP contribution in [0.2, 0.25) is 0 Å². The number of carbonyl (C=O) groups is 1. The maximum absolute atomic E-state index is 12.9. The van der Waals surface area contributed by atoms with Crippen molar-refractivity contribution < 1.29 is 13.7 Å². The van der Waals surface area contributed by atoms with Crippen molar-refractivity contribution in [2.75, 3.05) is 30.0 Å². The van der Waals surface area contributed by atoms with E-state index in [0.717, 1.165) is 28.2 Å². The number of hydrogen-bond donors (Lipinski definition) is 3. The van der Waals surface area contributed by atoms with Gasteiger partial charge >= 0.3 is 6.09 Å². The van der Waals surface area contributed by atoms with Crippen molar-refractivity contribution >= 4 is 55.5 Å². The summed E-state index contributed by atoms with van der Waals surface area (Å²) < 4.78 is 21.4. The molecular weight excluding hydrogens is 532 g/mol. The number of amides is 1. The quantitative estimate of drug-likeness (QED) is 0.183. The molecular formula is C28H28N6O3S2. The molecule has 9 nitrogen and oxygen atoms in total. The number of para-hydroxylation sites is 1. The lowest BCUT2D eigenvalue weighted by molar-refractivity contribution is 0.164. The molecule has 0 fully saturated rings. The summed E-state index contributed by atoms with van der Waals surface area (Å²) >= 11 is 1.63. The van der Waals surface area contributed by atoms with Crippen molar-refractivity contribution in [3.8, 4) is 10.4 Å². The first-order chi connectivity index (χ1) is 18.9. The number of fused-ring (bicyclic) bond motifs is 1. The standard InChI is InChI=1S/C28H28N6O3S2/c1-3-37-28(35)34-39(2,36)21-12-10-20(11-13-21)32-27-31-18-23(25-9-6-16-38-25)26(33-27)29-15-14-19-17-30-24-8-5-4-7-22(19)24/h4-13,16-18,30H,3,14-15H2,1-2H3,(H2,29,31,32,33). The Morgan fingerprint density at radius 1 is 1.13 bits per heavy atom. The molecule has 0 spiro atoms. The average Bonchev–Trinajstić information content (AvgIpc) is 3.60. The molecule has 200 valence electrons. The first-order valence-corrected chi connectivity index (χ1v) is 15.2. The first kappa shape index (κ1) is 26.4. The number of aromatic nitrogens is 3. The van der Waals surface area contributed by atoms with Crippen molar-refractivity contribution in [3.05, 3.63) is 84.0 Å². The van der Waals surface area contributed by atoms with Gasteiger partial charge in [-0.2, -0.15) is 4.98 Å². The molecule has 1 atom stereocenters. The molecule has 5 rings (SSSR count). The maximum atomic E-state index is 12.9. The number of rotatable bonds is 9. The van der Waals surface area contributed by atoms with Gasteiger partial charge in [0.25, 0.3) is 0 Å². The van der Waals surface area contributed by atoms with Gasteiger partial charge < -0.3 is 20.4 Å². The van der Waals surface area contributed by atoms with Crippen LogP contribution in [0, 0.1) is 0 Å². The summed E-state index contributed by atoms with van der Waals surface area (Å²) in [5, 5.41) is 9.95. The summed E-state index contributed by atoms with van der Waals surface area (Å²) in [4.78, 5) is 25.8. The van der Waals surface area contributed by atoms with E-state index in [0.29, 0.717) is 23.1 Å². The second kappa shape index (κ2) is 11.7. The second-order valence-corrected chi connectivity index (χ2v) is 11.9. The van der Waals surface area contributed by atoms with Crippen molar-refractivity contribution in [1.82, 2.24) is 15.0 Å². The monoisotopic (exact) mass is 560 g/mol. The number of benzene rings is 2. The third kappa shape index (κ3) is 6.27. The highest BCUT2D eigenvalue weighted by atomic mass is 32.2. The van der Waals surface area contributed by atoms with Crippen LogP contribution in [0.1, 0.15) is 12.5 Å². The minimum absolute atomic E-state index is 0.172. The van der Waals surface area contributed by atoms with Crippen LogP contribution in [0.25, 0.3) is 21.3 Å². The van der Waals surface area contributed by atoms with Gasteiger partial charge in [-0.25, -0.2) is 14.0 Å². The maximum Gasteiger partial charge on any atom is 0.442 e. The van der Waals surface area contributed by atoms with Gasteiger partial charge in [-0.1, -0.05) is 24.3 Å². The molecule has 3 N–H and O–H groups in total. The Hall–Kier alpha value is -4.22. The Kier molecular flexibility index (Phi) is 7.89. The summed E-state index contributed by atoms with van der Waals surface area (Å²) in [5.74, 6) is 1.15. The zero-order valence-corrected chi connectivity index (χ0v) is 23.1. The van der Waals surface area contributed by atoms with Crippen LogP contribution in [0.15, 0.2) is 87.7 Å². The van der Waals surface area contributed by atoms with Gasteiger partial charge in [0.05, 0.1) is 21.9 Å². The van der Waals surface area contributed by atoms with Gasteiger partial charge in [-0.3, -0.25) is 0 Å². The Morgan fingerprint density at radius 3 is 2.72 bits per heavy atom. The first-order valence-electron chi connectivity index (χ1n) is 12.4. The predicted molar refractivity (Wildman–Crippen MR) is 157 cm³/mol. The third-order valence-corrected chi connectivity index (χ3v) is 8.55. The molecule has 0 aliphatic heterocycles. The molecule has 0 aliphatic rings. The summed E-state index contributed by atoms with van der Waals surface area (Å²) in [6, 6.07) is 19.1. The highest BCUT2D eigenvalue weighted by molar-refractivity contribution is 7.93. The summed E-state index contributed by atoms with van der Waals surface area (Å²) in [7, 11) is -2.92. The van der Waals surface area contributed by atoms with Crippen LogP contribution >= 0.6 is 11.3 Å². The average molecular weight is 561 g/mol. The number of carbonyl (C=O) groups excluding carboxylic acids is 1. The predicted octanol–water partition coefficient (Wildman–Crippen LogP) is 6.70. The van der Waals surface area contributed by atoms with Gasteiger partial charge in [0.1, 0.15) is 5.82 Å². The summed E-state index contributed by atoms with van der Waals surface area (Å²) in [5.41, 5.74) is 4.00. The van der Waals surface area contributed by atoms with E-state index < -0.39 is 15.8 Å². The molecule has 0 radical (unpaired) electrons. The molecule has 0 saturated heterocycles. The fraction of sp³-hybridized carbons (Fsp3) is 0.179. The topological polar surface area (TPSA) is 121 Å². The number of nitrogens with zero attached hydrogens (tertiary/aromatic N) is 3. The molecule has 1 amide bonds. The molecule has 1 unspecified atom stereocenters. The van der Waals surface area contributed by atoms with Crippen LogP contribution in [0.3, 0.4) is 0 Å². The van der Waals surface area contributed by atoms with Gasteiger partial charge in [0.2, 0.25) is 5.95 Å². The summed E-state index contributed by atoms with van der Waals surface area (Å²) in [6.07, 6.45) is 5.26. The number of H-pyrrole nitrogens is 1. The molecule has 3 aromatic heterocycles. The second-order valence-electron chi connectivity index (χ2n) is 8.71. The van der Waals surface area contributed by atoms with Gasteiger partial charge in [0.15, 0.2) is 0 Å². The van der Waals surface area contributed by atoms with E-state index in [4.69, 9.17) is 9.72 Å². The van der Waals surface area contributed by atoms with Crippen molar-refractivity contribution in [3.63, 3.8) is 0 Å². The van der Waals surface area contributed by atoms with E-state index in [2.05, 4.69) is 43.3 Å². The van der Waals surface area contributed by atoms with Gasteiger partial charge in [-0.05, 0) is 60.7 Å². The third-order valence-electron chi connectivity index (χ3n) is 6.00. The van der Waals surface area contributed by atoms with Crippen LogP contribution in [-0.4, -0.2) is 44.7 Å².